The molecule has 0 radical (unpaired) electrons. The minimum atomic E-state index is 0.0917. The zero-order valence-electron chi connectivity index (χ0n) is 5.19. The van der Waals surface area contributed by atoms with Crippen LogP contribution in [0.5, 0.6) is 0 Å². The van der Waals surface area contributed by atoms with Crippen LogP contribution < -0.4 is 0 Å². The van der Waals surface area contributed by atoms with Crippen LogP contribution in [-0.4, -0.2) is 18.4 Å². The summed E-state index contributed by atoms with van der Waals surface area (Å²) in [5, 5.41) is 0.0917. The largest absolute Gasteiger partial charge is 0.356 e. The summed E-state index contributed by atoms with van der Waals surface area (Å²) in [5.74, 6) is 0. The normalized spacial score (nSPS) is 13.9. The SMILES string of the molecule is CCOCOC(C)Br. The van der Waals surface area contributed by atoms with Gasteiger partial charge in [-0.25, -0.2) is 0 Å². The highest BCUT2D eigenvalue weighted by atomic mass is 79.9. The van der Waals surface area contributed by atoms with Gasteiger partial charge in [0.1, 0.15) is 11.8 Å². The van der Waals surface area contributed by atoms with Crippen molar-refractivity contribution in [1.82, 2.24) is 0 Å². The Balaban J connectivity index is 2.72. The molecule has 50 valence electrons. The summed E-state index contributed by atoms with van der Waals surface area (Å²) in [6.07, 6.45) is 0. The third kappa shape index (κ3) is 6.40. The molecule has 0 heterocycles. The Kier molecular flexibility index (Phi) is 5.81. The maximum Gasteiger partial charge on any atom is 0.148 e. The quantitative estimate of drug-likeness (QED) is 0.375. The molecule has 0 N–H and O–H groups in total. The Hall–Kier alpha value is 0.400. The fourth-order valence-electron chi connectivity index (χ4n) is 0.225. The molecule has 0 aromatic heterocycles. The number of rotatable bonds is 4. The first-order chi connectivity index (χ1) is 3.77. The van der Waals surface area contributed by atoms with E-state index in [2.05, 4.69) is 15.9 Å². The molecule has 0 aliphatic heterocycles. The maximum atomic E-state index is 4.98. The van der Waals surface area contributed by atoms with E-state index in [4.69, 9.17) is 9.47 Å². The number of hydrogen-bond donors (Lipinski definition) is 0. The van der Waals surface area contributed by atoms with Crippen molar-refractivity contribution in [3.63, 3.8) is 0 Å². The van der Waals surface area contributed by atoms with Crippen molar-refractivity contribution in [2.45, 2.75) is 18.9 Å². The van der Waals surface area contributed by atoms with Crippen molar-refractivity contribution < 1.29 is 9.47 Å². The van der Waals surface area contributed by atoms with Crippen LogP contribution in [0, 0.1) is 0 Å². The van der Waals surface area contributed by atoms with Crippen molar-refractivity contribution in [2.24, 2.45) is 0 Å². The van der Waals surface area contributed by atoms with Crippen LogP contribution in [0.3, 0.4) is 0 Å². The Morgan fingerprint density at radius 2 is 2.25 bits per heavy atom. The molecule has 0 bridgehead atoms. The van der Waals surface area contributed by atoms with Crippen LogP contribution in [0.1, 0.15) is 13.8 Å². The Bertz CT molecular complexity index is 47.7. The molecule has 0 spiro atoms. The minimum absolute atomic E-state index is 0.0917. The molecular formula is C5H11BrO2. The highest BCUT2D eigenvalue weighted by molar-refractivity contribution is 9.09. The van der Waals surface area contributed by atoms with Crippen LogP contribution in [0.15, 0.2) is 0 Å². The van der Waals surface area contributed by atoms with Gasteiger partial charge < -0.3 is 9.47 Å². The lowest BCUT2D eigenvalue weighted by molar-refractivity contribution is -0.0529. The van der Waals surface area contributed by atoms with Gasteiger partial charge in [-0.15, -0.1) is 0 Å². The van der Waals surface area contributed by atoms with Gasteiger partial charge in [-0.05, 0) is 13.8 Å². The van der Waals surface area contributed by atoms with Gasteiger partial charge in [-0.3, -0.25) is 0 Å². The predicted octanol–water partition coefficient (Wildman–Crippen LogP) is 1.74. The average molecular weight is 183 g/mol. The van der Waals surface area contributed by atoms with E-state index in [0.717, 1.165) is 0 Å². The molecule has 8 heavy (non-hydrogen) atoms. The van der Waals surface area contributed by atoms with Gasteiger partial charge in [0, 0.05) is 6.61 Å². The molecular weight excluding hydrogens is 172 g/mol. The Labute approximate surface area is 58.3 Å². The summed E-state index contributed by atoms with van der Waals surface area (Å²) < 4.78 is 9.87. The van der Waals surface area contributed by atoms with E-state index < -0.39 is 0 Å². The number of hydrogen-bond acceptors (Lipinski definition) is 2. The molecule has 1 atom stereocenters. The summed E-state index contributed by atoms with van der Waals surface area (Å²) in [6.45, 7) is 4.92. The lowest BCUT2D eigenvalue weighted by Crippen LogP contribution is -2.03. The molecule has 3 heteroatoms. The fraction of sp³-hybridized carbons (Fsp3) is 1.00. The highest BCUT2D eigenvalue weighted by Gasteiger charge is 1.90. The van der Waals surface area contributed by atoms with Crippen molar-refractivity contribution in [2.75, 3.05) is 13.4 Å². The Morgan fingerprint density at radius 1 is 1.62 bits per heavy atom. The lowest BCUT2D eigenvalue weighted by atomic mass is 10.9. The molecule has 0 fully saturated rings. The van der Waals surface area contributed by atoms with Crippen LogP contribution in [0.4, 0.5) is 0 Å². The molecule has 0 aromatic rings. The lowest BCUT2D eigenvalue weighted by Gasteiger charge is -2.03. The highest BCUT2D eigenvalue weighted by Crippen LogP contribution is 1.97. The first kappa shape index (κ1) is 8.40. The van der Waals surface area contributed by atoms with Gasteiger partial charge >= 0.3 is 0 Å². The van der Waals surface area contributed by atoms with Gasteiger partial charge in [0.05, 0.1) is 0 Å². The topological polar surface area (TPSA) is 18.5 Å². The van der Waals surface area contributed by atoms with Gasteiger partial charge in [0.15, 0.2) is 0 Å². The standard InChI is InChI=1S/C5H11BrO2/c1-3-7-4-8-5(2)6/h5H,3-4H2,1-2H3. The third-order valence-corrected chi connectivity index (χ3v) is 0.849. The molecule has 0 saturated carbocycles. The average Bonchev–Trinajstić information content (AvgIpc) is 1.66. The second-order valence-electron chi connectivity index (χ2n) is 1.32. The maximum absolute atomic E-state index is 4.98. The summed E-state index contributed by atoms with van der Waals surface area (Å²) in [7, 11) is 0. The van der Waals surface area contributed by atoms with Crippen LogP contribution in [0.25, 0.3) is 0 Å². The van der Waals surface area contributed by atoms with Gasteiger partial charge in [-0.2, -0.15) is 0 Å². The van der Waals surface area contributed by atoms with Crippen LogP contribution >= 0.6 is 15.9 Å². The van der Waals surface area contributed by atoms with Crippen molar-refractivity contribution in [3.8, 4) is 0 Å². The molecule has 0 rings (SSSR count). The van der Waals surface area contributed by atoms with E-state index in [1.54, 1.807) is 0 Å². The predicted molar refractivity (Wildman–Crippen MR) is 36.0 cm³/mol. The minimum Gasteiger partial charge on any atom is -0.356 e. The molecule has 2 nitrogen and oxygen atoms in total. The van der Waals surface area contributed by atoms with E-state index in [-0.39, 0.29) is 5.01 Å². The molecule has 0 saturated heterocycles. The van der Waals surface area contributed by atoms with Crippen LogP contribution in [0.2, 0.25) is 0 Å². The Morgan fingerprint density at radius 3 is 2.62 bits per heavy atom. The van der Waals surface area contributed by atoms with E-state index >= 15 is 0 Å². The zero-order chi connectivity index (χ0) is 6.41. The summed E-state index contributed by atoms with van der Waals surface area (Å²) in [6, 6.07) is 0. The van der Waals surface area contributed by atoms with Gasteiger partial charge in [0.2, 0.25) is 0 Å². The smallest absolute Gasteiger partial charge is 0.148 e. The van der Waals surface area contributed by atoms with Gasteiger partial charge in [0.25, 0.3) is 0 Å². The van der Waals surface area contributed by atoms with E-state index in [0.29, 0.717) is 13.4 Å². The summed E-state index contributed by atoms with van der Waals surface area (Å²) in [4.78, 5) is 0. The molecule has 0 aliphatic rings. The zero-order valence-corrected chi connectivity index (χ0v) is 6.77. The van der Waals surface area contributed by atoms with Gasteiger partial charge in [-0.1, -0.05) is 15.9 Å². The molecule has 0 aliphatic carbocycles. The van der Waals surface area contributed by atoms with Crippen LogP contribution in [-0.2, 0) is 9.47 Å². The van der Waals surface area contributed by atoms with Crippen molar-refractivity contribution in [3.05, 3.63) is 0 Å². The van der Waals surface area contributed by atoms with E-state index in [1.165, 1.54) is 0 Å². The fourth-order valence-corrected chi connectivity index (χ4v) is 0.333. The van der Waals surface area contributed by atoms with Crippen molar-refractivity contribution in [1.29, 1.82) is 0 Å². The number of halogens is 1. The monoisotopic (exact) mass is 182 g/mol. The third-order valence-electron chi connectivity index (χ3n) is 0.585. The first-order valence-electron chi connectivity index (χ1n) is 2.60. The van der Waals surface area contributed by atoms with E-state index in [9.17, 15) is 0 Å². The first-order valence-corrected chi connectivity index (χ1v) is 3.52. The molecule has 1 unspecified atom stereocenters. The second-order valence-corrected chi connectivity index (χ2v) is 2.61. The molecule has 0 amide bonds. The molecule has 0 aromatic carbocycles. The second kappa shape index (κ2) is 5.54. The van der Waals surface area contributed by atoms with E-state index in [1.807, 2.05) is 13.8 Å². The number of alkyl halides is 1. The summed E-state index contributed by atoms with van der Waals surface area (Å²) in [5.41, 5.74) is 0. The summed E-state index contributed by atoms with van der Waals surface area (Å²) >= 11 is 3.20. The number of ether oxygens (including phenoxy) is 2. The van der Waals surface area contributed by atoms with Crippen molar-refractivity contribution >= 4 is 15.9 Å².